The Morgan fingerprint density at radius 1 is 1.11 bits per heavy atom. The highest BCUT2D eigenvalue weighted by Gasteiger charge is 2.40. The average Bonchev–Trinajstić information content (AvgIpc) is 2.78. The predicted octanol–water partition coefficient (Wildman–Crippen LogP) is 4.41. The van der Waals surface area contributed by atoms with Gasteiger partial charge in [-0.1, -0.05) is 54.0 Å². The summed E-state index contributed by atoms with van der Waals surface area (Å²) in [7, 11) is 1.75. The SMILES string of the molecule is CCOC(=O)/C(C)=C/[C@H](C(C)C)N(C)C(=O)C(NC(=O)[C@H]1CCC(CC)CN1C(C)C)C(C)(C)C. The standard InChI is InChI=1S/C28H51N3O4/c1-12-21-14-15-22(31(17-21)19(5)6)25(32)29-24(28(8,9)10)26(33)30(11)23(18(3)4)16-20(7)27(34)35-13-2/h16,18-19,21-24H,12-15,17H2,1-11H3,(H,29,32)/b20-16+/t21?,22-,23-,24?/m1/s1. The van der Waals surface area contributed by atoms with E-state index >= 15 is 0 Å². The Hall–Kier alpha value is -1.89. The minimum Gasteiger partial charge on any atom is -0.463 e. The molecule has 1 aliphatic heterocycles. The van der Waals surface area contributed by atoms with Crippen molar-refractivity contribution in [1.29, 1.82) is 0 Å². The van der Waals surface area contributed by atoms with E-state index < -0.39 is 11.5 Å². The smallest absolute Gasteiger partial charge is 0.333 e. The van der Waals surface area contributed by atoms with E-state index in [2.05, 4.69) is 31.0 Å². The van der Waals surface area contributed by atoms with E-state index in [-0.39, 0.29) is 41.8 Å². The zero-order valence-electron chi connectivity index (χ0n) is 24.1. The second kappa shape index (κ2) is 13.4. The maximum absolute atomic E-state index is 13.8. The zero-order chi connectivity index (χ0) is 27.1. The van der Waals surface area contributed by atoms with Crippen LogP contribution in [0.2, 0.25) is 0 Å². The van der Waals surface area contributed by atoms with Crippen molar-refractivity contribution >= 4 is 17.8 Å². The first-order valence-corrected chi connectivity index (χ1v) is 13.3. The van der Waals surface area contributed by atoms with Crippen LogP contribution < -0.4 is 5.32 Å². The van der Waals surface area contributed by atoms with Crippen LogP contribution in [-0.4, -0.2) is 72.0 Å². The molecule has 1 aliphatic rings. The van der Waals surface area contributed by atoms with Gasteiger partial charge in [-0.3, -0.25) is 14.5 Å². The molecule has 4 atom stereocenters. The molecule has 1 rings (SSSR count). The van der Waals surface area contributed by atoms with Crippen LogP contribution in [0.4, 0.5) is 0 Å². The first-order chi connectivity index (χ1) is 16.1. The van der Waals surface area contributed by atoms with Gasteiger partial charge in [0.2, 0.25) is 11.8 Å². The second-order valence-corrected chi connectivity index (χ2v) is 11.7. The summed E-state index contributed by atoms with van der Waals surface area (Å²) in [5, 5.41) is 3.13. The lowest BCUT2D eigenvalue weighted by Gasteiger charge is -2.43. The molecule has 2 amide bonds. The van der Waals surface area contributed by atoms with Crippen molar-refractivity contribution in [3.05, 3.63) is 11.6 Å². The van der Waals surface area contributed by atoms with Crippen LogP contribution in [0.1, 0.15) is 88.5 Å². The van der Waals surface area contributed by atoms with Crippen molar-refractivity contribution in [2.45, 2.75) is 113 Å². The van der Waals surface area contributed by atoms with Gasteiger partial charge in [-0.25, -0.2) is 4.79 Å². The molecular formula is C28H51N3O4. The fourth-order valence-electron chi connectivity index (χ4n) is 4.82. The van der Waals surface area contributed by atoms with Gasteiger partial charge in [0.05, 0.1) is 18.7 Å². The molecule has 202 valence electrons. The molecule has 0 bridgehead atoms. The third-order valence-electron chi connectivity index (χ3n) is 7.16. The molecule has 1 heterocycles. The maximum Gasteiger partial charge on any atom is 0.333 e. The van der Waals surface area contributed by atoms with Crippen LogP contribution >= 0.6 is 0 Å². The van der Waals surface area contributed by atoms with Gasteiger partial charge in [0.25, 0.3) is 0 Å². The van der Waals surface area contributed by atoms with Gasteiger partial charge < -0.3 is 15.0 Å². The number of nitrogens with zero attached hydrogens (tertiary/aromatic N) is 2. The van der Waals surface area contributed by atoms with Crippen LogP contribution in [0.3, 0.4) is 0 Å². The number of ether oxygens (including phenoxy) is 1. The van der Waals surface area contributed by atoms with Gasteiger partial charge in [0.1, 0.15) is 6.04 Å². The lowest BCUT2D eigenvalue weighted by molar-refractivity contribution is -0.142. The summed E-state index contributed by atoms with van der Waals surface area (Å²) < 4.78 is 5.12. The molecule has 0 radical (unpaired) electrons. The fraction of sp³-hybridized carbons (Fsp3) is 0.821. The average molecular weight is 494 g/mol. The maximum atomic E-state index is 13.8. The van der Waals surface area contributed by atoms with E-state index in [1.54, 1.807) is 31.9 Å². The number of hydrogen-bond acceptors (Lipinski definition) is 5. The molecule has 0 aromatic heterocycles. The van der Waals surface area contributed by atoms with Crippen LogP contribution in [0, 0.1) is 17.3 Å². The first kappa shape index (κ1) is 31.1. The molecule has 1 N–H and O–H groups in total. The van der Waals surface area contributed by atoms with E-state index in [0.717, 1.165) is 25.8 Å². The minimum atomic E-state index is -0.685. The van der Waals surface area contributed by atoms with Crippen molar-refractivity contribution in [3.63, 3.8) is 0 Å². The van der Waals surface area contributed by atoms with Gasteiger partial charge in [-0.05, 0) is 57.8 Å². The van der Waals surface area contributed by atoms with Gasteiger partial charge in [0.15, 0.2) is 0 Å². The van der Waals surface area contributed by atoms with Crippen LogP contribution in [-0.2, 0) is 19.1 Å². The number of nitrogens with one attached hydrogen (secondary N) is 1. The van der Waals surface area contributed by atoms with E-state index in [1.165, 1.54) is 0 Å². The summed E-state index contributed by atoms with van der Waals surface area (Å²) in [4.78, 5) is 43.5. The van der Waals surface area contributed by atoms with Crippen molar-refractivity contribution in [2.75, 3.05) is 20.2 Å². The summed E-state index contributed by atoms with van der Waals surface area (Å²) in [6.45, 7) is 21.1. The zero-order valence-corrected chi connectivity index (χ0v) is 24.1. The predicted molar refractivity (Wildman–Crippen MR) is 142 cm³/mol. The largest absolute Gasteiger partial charge is 0.463 e. The van der Waals surface area contributed by atoms with E-state index in [0.29, 0.717) is 18.1 Å². The first-order valence-electron chi connectivity index (χ1n) is 13.3. The Labute approximate surface area is 214 Å². The van der Waals surface area contributed by atoms with Gasteiger partial charge in [0, 0.05) is 25.2 Å². The molecule has 2 unspecified atom stereocenters. The lowest BCUT2D eigenvalue weighted by atomic mass is 9.84. The quantitative estimate of drug-likeness (QED) is 0.360. The summed E-state index contributed by atoms with van der Waals surface area (Å²) in [6.07, 6.45) is 4.74. The Bertz CT molecular complexity index is 754. The molecule has 0 spiro atoms. The van der Waals surface area contributed by atoms with Crippen molar-refractivity contribution in [1.82, 2.24) is 15.1 Å². The normalized spacial score (nSPS) is 21.6. The number of carbonyl (C=O) groups is 3. The molecule has 7 nitrogen and oxygen atoms in total. The number of rotatable bonds is 10. The molecule has 0 aromatic carbocycles. The summed E-state index contributed by atoms with van der Waals surface area (Å²) in [6, 6.07) is -0.961. The lowest BCUT2D eigenvalue weighted by Crippen LogP contribution is -2.61. The molecule has 1 saturated heterocycles. The topological polar surface area (TPSA) is 79.0 Å². The minimum absolute atomic E-state index is 0.0744. The van der Waals surface area contributed by atoms with Crippen LogP contribution in [0.15, 0.2) is 11.6 Å². The molecule has 7 heteroatoms. The van der Waals surface area contributed by atoms with Crippen molar-refractivity contribution in [3.8, 4) is 0 Å². The monoisotopic (exact) mass is 493 g/mol. The van der Waals surface area contributed by atoms with Gasteiger partial charge >= 0.3 is 5.97 Å². The molecule has 35 heavy (non-hydrogen) atoms. The molecule has 0 aliphatic carbocycles. The third kappa shape index (κ3) is 8.62. The third-order valence-corrected chi connectivity index (χ3v) is 7.16. The van der Waals surface area contributed by atoms with E-state index in [4.69, 9.17) is 4.74 Å². The highest BCUT2D eigenvalue weighted by molar-refractivity contribution is 5.91. The van der Waals surface area contributed by atoms with Gasteiger partial charge in [-0.15, -0.1) is 0 Å². The second-order valence-electron chi connectivity index (χ2n) is 11.7. The molecule has 1 fully saturated rings. The van der Waals surface area contributed by atoms with Crippen molar-refractivity contribution in [2.24, 2.45) is 17.3 Å². The molecular weight excluding hydrogens is 442 g/mol. The van der Waals surface area contributed by atoms with Crippen molar-refractivity contribution < 1.29 is 19.1 Å². The summed E-state index contributed by atoms with van der Waals surface area (Å²) in [5.41, 5.74) is -0.00655. The van der Waals surface area contributed by atoms with Crippen LogP contribution in [0.25, 0.3) is 0 Å². The highest BCUT2D eigenvalue weighted by Crippen LogP contribution is 2.28. The fourth-order valence-corrected chi connectivity index (χ4v) is 4.82. The number of carbonyl (C=O) groups excluding carboxylic acids is 3. The Balaban J connectivity index is 3.17. The number of hydrogen-bond donors (Lipinski definition) is 1. The van der Waals surface area contributed by atoms with E-state index in [1.807, 2.05) is 34.6 Å². The molecule has 0 saturated carbocycles. The Morgan fingerprint density at radius 2 is 1.71 bits per heavy atom. The summed E-state index contributed by atoms with van der Waals surface area (Å²) in [5.74, 6) is 0.0699. The number of likely N-dealkylation sites (tertiary alicyclic amines) is 1. The summed E-state index contributed by atoms with van der Waals surface area (Å²) >= 11 is 0. The number of likely N-dealkylation sites (N-methyl/N-ethyl adjacent to an activating group) is 1. The van der Waals surface area contributed by atoms with Crippen LogP contribution in [0.5, 0.6) is 0 Å². The number of amides is 2. The highest BCUT2D eigenvalue weighted by atomic mass is 16.5. The molecule has 0 aromatic rings. The Morgan fingerprint density at radius 3 is 2.17 bits per heavy atom. The Kier molecular flexibility index (Phi) is 11.9. The number of esters is 1. The van der Waals surface area contributed by atoms with E-state index in [9.17, 15) is 14.4 Å². The number of piperidine rings is 1. The van der Waals surface area contributed by atoms with Gasteiger partial charge in [-0.2, -0.15) is 0 Å².